The molecule has 0 saturated carbocycles. The number of aryl methyl sites for hydroxylation is 1. The van der Waals surface area contributed by atoms with Gasteiger partial charge < -0.3 is 14.5 Å². The van der Waals surface area contributed by atoms with E-state index in [1.54, 1.807) is 30.1 Å². The van der Waals surface area contributed by atoms with Crippen molar-refractivity contribution < 1.29 is 14.3 Å². The fourth-order valence-corrected chi connectivity index (χ4v) is 5.42. The Bertz CT molecular complexity index is 1250. The molecule has 0 atom stereocenters. The van der Waals surface area contributed by atoms with Crippen molar-refractivity contribution in [1.82, 2.24) is 19.6 Å². The molecule has 3 heterocycles. The van der Waals surface area contributed by atoms with Crippen LogP contribution in [0.1, 0.15) is 40.9 Å². The molecule has 1 aromatic heterocycles. The first kappa shape index (κ1) is 24.4. The van der Waals surface area contributed by atoms with Gasteiger partial charge in [-0.25, -0.2) is 0 Å². The van der Waals surface area contributed by atoms with E-state index in [1.807, 2.05) is 34.1 Å². The first-order valence-corrected chi connectivity index (χ1v) is 12.8. The maximum atomic E-state index is 13.6. The molecule has 1 fully saturated rings. The Morgan fingerprint density at radius 3 is 2.50 bits per heavy atom. The third kappa shape index (κ3) is 5.26. The van der Waals surface area contributed by atoms with Crippen molar-refractivity contribution in [3.8, 4) is 5.75 Å². The number of nitrogens with zero attached hydrogens (tertiary/aromatic N) is 4. The maximum absolute atomic E-state index is 13.6. The van der Waals surface area contributed by atoms with Crippen LogP contribution in [0.4, 0.5) is 0 Å². The van der Waals surface area contributed by atoms with E-state index in [-0.39, 0.29) is 17.2 Å². The smallest absolute Gasteiger partial charge is 0.272 e. The van der Waals surface area contributed by atoms with E-state index in [2.05, 4.69) is 23.3 Å². The lowest BCUT2D eigenvalue weighted by Gasteiger charge is -2.42. The summed E-state index contributed by atoms with van der Waals surface area (Å²) in [5.41, 5.74) is 2.75. The number of hydrogen-bond donors (Lipinski definition) is 0. The fourth-order valence-electron chi connectivity index (χ4n) is 5.24. The zero-order chi connectivity index (χ0) is 25.1. The van der Waals surface area contributed by atoms with E-state index in [9.17, 15) is 9.59 Å². The topological polar surface area (TPSA) is 67.7 Å². The number of rotatable bonds is 6. The van der Waals surface area contributed by atoms with Crippen molar-refractivity contribution in [3.05, 3.63) is 82.6 Å². The second-order valence-corrected chi connectivity index (χ2v) is 10.3. The van der Waals surface area contributed by atoms with E-state index in [0.717, 1.165) is 13.0 Å². The number of likely N-dealkylation sites (tertiary alicyclic amines) is 1. The van der Waals surface area contributed by atoms with Gasteiger partial charge in [0.05, 0.1) is 6.61 Å². The summed E-state index contributed by atoms with van der Waals surface area (Å²) < 4.78 is 7.79. The van der Waals surface area contributed by atoms with Gasteiger partial charge in [-0.2, -0.15) is 5.10 Å². The highest BCUT2D eigenvalue weighted by Gasteiger charge is 2.40. The Hall–Kier alpha value is -3.32. The minimum atomic E-state index is -0.362. The van der Waals surface area contributed by atoms with Crippen LogP contribution in [0.25, 0.3) is 0 Å². The number of benzene rings is 2. The molecule has 2 aliphatic rings. The van der Waals surface area contributed by atoms with Crippen LogP contribution < -0.4 is 4.74 Å². The van der Waals surface area contributed by atoms with E-state index >= 15 is 0 Å². The van der Waals surface area contributed by atoms with Crippen LogP contribution in [-0.2, 0) is 24.8 Å². The summed E-state index contributed by atoms with van der Waals surface area (Å²) in [5, 5.41) is 4.74. The van der Waals surface area contributed by atoms with Crippen LogP contribution in [0, 0.1) is 5.41 Å². The molecule has 1 saturated heterocycles. The van der Waals surface area contributed by atoms with Crippen molar-refractivity contribution in [2.45, 2.75) is 32.2 Å². The van der Waals surface area contributed by atoms with Crippen LogP contribution in [0.5, 0.6) is 5.75 Å². The van der Waals surface area contributed by atoms with Gasteiger partial charge >= 0.3 is 0 Å². The molecule has 2 aliphatic heterocycles. The number of carbonyl (C=O) groups is 2. The van der Waals surface area contributed by atoms with Crippen LogP contribution >= 0.6 is 11.6 Å². The zero-order valence-electron chi connectivity index (χ0n) is 20.5. The third-order valence-corrected chi connectivity index (χ3v) is 7.74. The number of aromatic nitrogens is 2. The summed E-state index contributed by atoms with van der Waals surface area (Å²) in [7, 11) is 1.77. The van der Waals surface area contributed by atoms with Gasteiger partial charge in [-0.1, -0.05) is 41.9 Å². The van der Waals surface area contributed by atoms with E-state index in [0.29, 0.717) is 62.0 Å². The van der Waals surface area contributed by atoms with Gasteiger partial charge in [0, 0.05) is 56.3 Å². The van der Waals surface area contributed by atoms with Gasteiger partial charge in [0.2, 0.25) is 5.91 Å². The lowest BCUT2D eigenvalue weighted by atomic mass is 9.75. The maximum Gasteiger partial charge on any atom is 0.272 e. The third-order valence-electron chi connectivity index (χ3n) is 7.50. The molecule has 188 valence electrons. The molecular formula is C28H31ClN4O3. The van der Waals surface area contributed by atoms with E-state index in [1.165, 1.54) is 11.1 Å². The Morgan fingerprint density at radius 1 is 1.00 bits per heavy atom. The molecular weight excluding hydrogens is 476 g/mol. The number of fused-ring (bicyclic) bond motifs is 1. The number of halogens is 1. The lowest BCUT2D eigenvalue weighted by molar-refractivity contribution is -0.136. The second-order valence-electron chi connectivity index (χ2n) is 9.89. The lowest BCUT2D eigenvalue weighted by Crippen LogP contribution is -2.48. The molecule has 7 nitrogen and oxygen atoms in total. The minimum Gasteiger partial charge on any atom is -0.493 e. The standard InChI is InChI=1S/C28H31ClN4O3/c1-31-25(9-13-30-31)27(35)32-15-11-28(12-16-32,20-36-24-8-4-7-23(29)17-24)18-26(34)33-14-10-21-5-2-3-6-22(21)19-33/h2-9,13,17H,10-12,14-16,18-20H2,1H3. The summed E-state index contributed by atoms with van der Waals surface area (Å²) in [4.78, 5) is 30.4. The highest BCUT2D eigenvalue weighted by molar-refractivity contribution is 6.30. The summed E-state index contributed by atoms with van der Waals surface area (Å²) >= 11 is 6.15. The molecule has 0 spiro atoms. The Labute approximate surface area is 216 Å². The Morgan fingerprint density at radius 2 is 1.78 bits per heavy atom. The minimum absolute atomic E-state index is 0.0293. The Kier molecular flexibility index (Phi) is 7.01. The molecule has 2 aromatic carbocycles. The first-order valence-electron chi connectivity index (χ1n) is 12.4. The van der Waals surface area contributed by atoms with Crippen molar-refractivity contribution in [2.24, 2.45) is 12.5 Å². The molecule has 0 aliphatic carbocycles. The summed E-state index contributed by atoms with van der Waals surface area (Å²) in [6.07, 6.45) is 4.28. The van der Waals surface area contributed by atoms with Crippen molar-refractivity contribution in [3.63, 3.8) is 0 Å². The molecule has 36 heavy (non-hydrogen) atoms. The molecule has 8 heteroatoms. The summed E-state index contributed by atoms with van der Waals surface area (Å²) in [6.45, 7) is 2.91. The van der Waals surface area contributed by atoms with Crippen LogP contribution in [0.3, 0.4) is 0 Å². The Balaban J connectivity index is 1.30. The second kappa shape index (κ2) is 10.3. The number of carbonyl (C=O) groups excluding carboxylic acids is 2. The van der Waals surface area contributed by atoms with Gasteiger partial charge in [-0.3, -0.25) is 14.3 Å². The number of piperidine rings is 1. The average molecular weight is 507 g/mol. The van der Waals surface area contributed by atoms with Crippen LogP contribution in [0.2, 0.25) is 5.02 Å². The van der Waals surface area contributed by atoms with E-state index in [4.69, 9.17) is 16.3 Å². The predicted octanol–water partition coefficient (Wildman–Crippen LogP) is 4.35. The average Bonchev–Trinajstić information content (AvgIpc) is 3.33. The molecule has 0 bridgehead atoms. The number of ether oxygens (including phenoxy) is 1. The highest BCUT2D eigenvalue weighted by atomic mass is 35.5. The van der Waals surface area contributed by atoms with Crippen molar-refractivity contribution >= 4 is 23.4 Å². The number of amides is 2. The quantitative estimate of drug-likeness (QED) is 0.498. The molecule has 3 aromatic rings. The highest BCUT2D eigenvalue weighted by Crippen LogP contribution is 2.38. The predicted molar refractivity (Wildman–Crippen MR) is 138 cm³/mol. The summed E-state index contributed by atoms with van der Waals surface area (Å²) in [6, 6.07) is 17.4. The molecule has 0 N–H and O–H groups in total. The van der Waals surface area contributed by atoms with Gasteiger partial charge in [0.25, 0.3) is 5.91 Å². The van der Waals surface area contributed by atoms with Crippen molar-refractivity contribution in [1.29, 1.82) is 0 Å². The number of hydrogen-bond acceptors (Lipinski definition) is 4. The first-order chi connectivity index (χ1) is 17.4. The van der Waals surface area contributed by atoms with Gasteiger partial charge in [0.15, 0.2) is 0 Å². The van der Waals surface area contributed by atoms with Gasteiger partial charge in [-0.15, -0.1) is 0 Å². The fraction of sp³-hybridized carbons (Fsp3) is 0.393. The normalized spacial score (nSPS) is 16.9. The zero-order valence-corrected chi connectivity index (χ0v) is 21.3. The molecule has 2 amide bonds. The van der Waals surface area contributed by atoms with Crippen molar-refractivity contribution in [2.75, 3.05) is 26.2 Å². The molecule has 0 unspecified atom stereocenters. The SMILES string of the molecule is Cn1nccc1C(=O)N1CCC(COc2cccc(Cl)c2)(CC(=O)N2CCc3ccccc3C2)CC1. The van der Waals surface area contributed by atoms with Gasteiger partial charge in [-0.05, 0) is 54.7 Å². The monoisotopic (exact) mass is 506 g/mol. The largest absolute Gasteiger partial charge is 0.493 e. The van der Waals surface area contributed by atoms with Crippen LogP contribution in [0.15, 0.2) is 60.8 Å². The van der Waals surface area contributed by atoms with E-state index < -0.39 is 0 Å². The molecule has 0 radical (unpaired) electrons. The summed E-state index contributed by atoms with van der Waals surface area (Å²) in [5.74, 6) is 0.804. The van der Waals surface area contributed by atoms with Gasteiger partial charge in [0.1, 0.15) is 11.4 Å². The molecule has 5 rings (SSSR count). The van der Waals surface area contributed by atoms with Crippen LogP contribution in [-0.4, -0.2) is 57.6 Å².